The summed E-state index contributed by atoms with van der Waals surface area (Å²) in [6.07, 6.45) is 4.38. The molecule has 0 fully saturated rings. The molecule has 0 N–H and O–H groups in total. The number of hydrogen-bond acceptors (Lipinski definition) is 1. The molecule has 0 amide bonds. The first-order chi connectivity index (χ1) is 8.61. The molecular formula is C13H13Cl2FN2. The van der Waals surface area contributed by atoms with E-state index in [2.05, 4.69) is 5.10 Å². The molecule has 0 saturated carbocycles. The highest BCUT2D eigenvalue weighted by atomic mass is 35.5. The van der Waals surface area contributed by atoms with E-state index in [0.29, 0.717) is 12.1 Å². The maximum atomic E-state index is 13.7. The molecule has 0 aliphatic heterocycles. The fourth-order valence-corrected chi connectivity index (χ4v) is 2.02. The van der Waals surface area contributed by atoms with Gasteiger partial charge in [-0.15, -0.1) is 11.6 Å². The minimum absolute atomic E-state index is 0.0528. The maximum absolute atomic E-state index is 13.7. The third-order valence-electron chi connectivity index (χ3n) is 2.74. The number of alkyl halides is 1. The predicted octanol–water partition coefficient (Wildman–Crippen LogP) is 4.41. The summed E-state index contributed by atoms with van der Waals surface area (Å²) in [5.74, 6) is -0.394. The van der Waals surface area contributed by atoms with Gasteiger partial charge in [0.05, 0.1) is 23.1 Å². The van der Waals surface area contributed by atoms with Crippen molar-refractivity contribution in [3.63, 3.8) is 0 Å². The average molecular weight is 287 g/mol. The van der Waals surface area contributed by atoms with E-state index in [4.69, 9.17) is 23.2 Å². The van der Waals surface area contributed by atoms with Gasteiger partial charge in [0.2, 0.25) is 0 Å². The first-order valence-corrected chi connectivity index (χ1v) is 6.52. The van der Waals surface area contributed by atoms with E-state index in [0.717, 1.165) is 12.0 Å². The van der Waals surface area contributed by atoms with Crippen LogP contribution < -0.4 is 0 Å². The molecule has 1 aromatic heterocycles. The van der Waals surface area contributed by atoms with Gasteiger partial charge in [-0.3, -0.25) is 4.68 Å². The van der Waals surface area contributed by atoms with Gasteiger partial charge in [0.1, 0.15) is 5.82 Å². The summed E-state index contributed by atoms with van der Waals surface area (Å²) in [6.45, 7) is 2.35. The summed E-state index contributed by atoms with van der Waals surface area (Å²) in [4.78, 5) is 0. The van der Waals surface area contributed by atoms with E-state index in [1.807, 2.05) is 13.1 Å². The van der Waals surface area contributed by atoms with E-state index < -0.39 is 5.82 Å². The van der Waals surface area contributed by atoms with Gasteiger partial charge in [-0.2, -0.15) is 5.10 Å². The van der Waals surface area contributed by atoms with E-state index in [1.165, 1.54) is 6.07 Å². The molecule has 2 nitrogen and oxygen atoms in total. The molecule has 0 aliphatic rings. The summed E-state index contributed by atoms with van der Waals surface area (Å²) < 4.78 is 15.4. The molecule has 0 aliphatic carbocycles. The zero-order chi connectivity index (χ0) is 13.1. The molecule has 1 unspecified atom stereocenters. The molecule has 1 heterocycles. The second kappa shape index (κ2) is 5.72. The number of halogens is 3. The van der Waals surface area contributed by atoms with Crippen molar-refractivity contribution in [2.24, 2.45) is 0 Å². The summed E-state index contributed by atoms with van der Waals surface area (Å²) in [7, 11) is 0. The summed E-state index contributed by atoms with van der Waals surface area (Å²) >= 11 is 11.8. The number of rotatable bonds is 4. The van der Waals surface area contributed by atoms with Gasteiger partial charge in [0.25, 0.3) is 0 Å². The molecule has 18 heavy (non-hydrogen) atoms. The third kappa shape index (κ3) is 2.85. The van der Waals surface area contributed by atoms with Crippen LogP contribution in [-0.2, 0) is 6.54 Å². The molecule has 2 aromatic rings. The van der Waals surface area contributed by atoms with E-state index in [1.54, 1.807) is 23.0 Å². The van der Waals surface area contributed by atoms with E-state index in [9.17, 15) is 4.39 Å². The standard InChI is InChI=1S/C13H13Cl2FN2/c1-2-11(14)10-6-17-18(8-10)7-9-4-3-5-12(15)13(9)16/h3-6,8,11H,2,7H2,1H3. The van der Waals surface area contributed by atoms with Gasteiger partial charge in [0, 0.05) is 17.3 Å². The van der Waals surface area contributed by atoms with Crippen LogP contribution in [0.4, 0.5) is 4.39 Å². The lowest BCUT2D eigenvalue weighted by Gasteiger charge is -2.05. The number of aromatic nitrogens is 2. The van der Waals surface area contributed by atoms with Gasteiger partial charge >= 0.3 is 0 Å². The lowest BCUT2D eigenvalue weighted by atomic mass is 10.2. The van der Waals surface area contributed by atoms with Crippen molar-refractivity contribution in [3.8, 4) is 0 Å². The Bertz CT molecular complexity index is 540. The SMILES string of the molecule is CCC(Cl)c1cnn(Cc2cccc(Cl)c2F)c1. The third-order valence-corrected chi connectivity index (χ3v) is 3.59. The Labute approximate surface area is 115 Å². The Balaban J connectivity index is 2.19. The van der Waals surface area contributed by atoms with Crippen LogP contribution in [0.2, 0.25) is 5.02 Å². The van der Waals surface area contributed by atoms with Gasteiger partial charge in [0.15, 0.2) is 0 Å². The van der Waals surface area contributed by atoms with Crippen LogP contribution in [0, 0.1) is 5.82 Å². The molecule has 0 radical (unpaired) electrons. The molecule has 5 heteroatoms. The fourth-order valence-electron chi connectivity index (χ4n) is 1.71. The number of nitrogens with zero attached hydrogens (tertiary/aromatic N) is 2. The molecule has 0 saturated heterocycles. The topological polar surface area (TPSA) is 17.8 Å². The minimum Gasteiger partial charge on any atom is -0.268 e. The van der Waals surface area contributed by atoms with E-state index in [-0.39, 0.29) is 10.4 Å². The first-order valence-electron chi connectivity index (χ1n) is 5.71. The lowest BCUT2D eigenvalue weighted by Crippen LogP contribution is -2.02. The molecule has 2 rings (SSSR count). The van der Waals surface area contributed by atoms with Crippen molar-refractivity contribution in [2.75, 3.05) is 0 Å². The highest BCUT2D eigenvalue weighted by Crippen LogP contribution is 2.23. The molecule has 0 bridgehead atoms. The Hall–Kier alpha value is -1.06. The Morgan fingerprint density at radius 1 is 1.44 bits per heavy atom. The first kappa shape index (κ1) is 13.4. The largest absolute Gasteiger partial charge is 0.268 e. The fraction of sp³-hybridized carbons (Fsp3) is 0.308. The van der Waals surface area contributed by atoms with Crippen molar-refractivity contribution < 1.29 is 4.39 Å². The highest BCUT2D eigenvalue weighted by Gasteiger charge is 2.10. The van der Waals surface area contributed by atoms with Crippen molar-refractivity contribution in [2.45, 2.75) is 25.3 Å². The minimum atomic E-state index is -0.394. The van der Waals surface area contributed by atoms with Gasteiger partial charge in [-0.1, -0.05) is 30.7 Å². The van der Waals surface area contributed by atoms with Crippen LogP contribution in [-0.4, -0.2) is 9.78 Å². The normalized spacial score (nSPS) is 12.7. The molecule has 96 valence electrons. The van der Waals surface area contributed by atoms with Crippen molar-refractivity contribution in [3.05, 3.63) is 52.6 Å². The second-order valence-electron chi connectivity index (χ2n) is 4.06. The summed E-state index contributed by atoms with van der Waals surface area (Å²) in [5.41, 5.74) is 1.46. The van der Waals surface area contributed by atoms with E-state index >= 15 is 0 Å². The zero-order valence-corrected chi connectivity index (χ0v) is 11.4. The molecule has 0 spiro atoms. The summed E-state index contributed by atoms with van der Waals surface area (Å²) in [6, 6.07) is 4.95. The second-order valence-corrected chi connectivity index (χ2v) is 4.99. The quantitative estimate of drug-likeness (QED) is 0.761. The van der Waals surface area contributed by atoms with Crippen LogP contribution in [0.1, 0.15) is 29.8 Å². The average Bonchev–Trinajstić information content (AvgIpc) is 2.82. The van der Waals surface area contributed by atoms with Crippen LogP contribution in [0.3, 0.4) is 0 Å². The van der Waals surface area contributed by atoms with Crippen LogP contribution in [0.5, 0.6) is 0 Å². The van der Waals surface area contributed by atoms with Crippen molar-refractivity contribution >= 4 is 23.2 Å². The highest BCUT2D eigenvalue weighted by molar-refractivity contribution is 6.30. The van der Waals surface area contributed by atoms with Gasteiger partial charge < -0.3 is 0 Å². The zero-order valence-electron chi connectivity index (χ0n) is 9.91. The molecule has 1 aromatic carbocycles. The van der Waals surface area contributed by atoms with Crippen LogP contribution in [0.25, 0.3) is 0 Å². The Kier molecular flexibility index (Phi) is 4.25. The van der Waals surface area contributed by atoms with Crippen LogP contribution in [0.15, 0.2) is 30.6 Å². The molecular weight excluding hydrogens is 274 g/mol. The Morgan fingerprint density at radius 2 is 2.22 bits per heavy atom. The summed E-state index contributed by atoms with van der Waals surface area (Å²) in [5, 5.41) is 4.25. The van der Waals surface area contributed by atoms with Crippen LogP contribution >= 0.6 is 23.2 Å². The molecule has 1 atom stereocenters. The predicted molar refractivity (Wildman–Crippen MR) is 71.6 cm³/mol. The van der Waals surface area contributed by atoms with Gasteiger partial charge in [-0.05, 0) is 12.5 Å². The van der Waals surface area contributed by atoms with Gasteiger partial charge in [-0.25, -0.2) is 4.39 Å². The van der Waals surface area contributed by atoms with Crippen molar-refractivity contribution in [1.82, 2.24) is 9.78 Å². The monoisotopic (exact) mass is 286 g/mol. The smallest absolute Gasteiger partial charge is 0.146 e. The number of benzene rings is 1. The number of hydrogen-bond donors (Lipinski definition) is 0. The van der Waals surface area contributed by atoms with Crippen molar-refractivity contribution in [1.29, 1.82) is 0 Å². The maximum Gasteiger partial charge on any atom is 0.146 e. The Morgan fingerprint density at radius 3 is 2.94 bits per heavy atom. The lowest BCUT2D eigenvalue weighted by molar-refractivity contribution is 0.585.